The third-order valence-corrected chi connectivity index (χ3v) is 4.93. The number of nitrogens with one attached hydrogen (secondary N) is 1. The van der Waals surface area contributed by atoms with E-state index in [1.165, 1.54) is 14.2 Å². The van der Waals surface area contributed by atoms with Crippen molar-refractivity contribution in [2.75, 3.05) is 44.4 Å². The Morgan fingerprint density at radius 2 is 1.68 bits per heavy atom. The molecule has 0 bridgehead atoms. The van der Waals surface area contributed by atoms with Gasteiger partial charge in [0.25, 0.3) is 5.91 Å². The minimum Gasteiger partial charge on any atom is -0.481 e. The minimum absolute atomic E-state index is 0.0274. The second kappa shape index (κ2) is 7.51. The van der Waals surface area contributed by atoms with Crippen LogP contribution >= 0.6 is 0 Å². The summed E-state index contributed by atoms with van der Waals surface area (Å²) in [5, 5.41) is 2.82. The largest absolute Gasteiger partial charge is 0.481 e. The first-order valence-electron chi connectivity index (χ1n) is 8.63. The molecule has 0 aliphatic carbocycles. The smallest absolute Gasteiger partial charge is 0.355 e. The Morgan fingerprint density at radius 3 is 2.32 bits per heavy atom. The van der Waals surface area contributed by atoms with Gasteiger partial charge in [-0.1, -0.05) is 0 Å². The number of benzene rings is 1. The van der Waals surface area contributed by atoms with E-state index in [0.29, 0.717) is 22.7 Å². The first-order chi connectivity index (χ1) is 13.3. The Labute approximate surface area is 162 Å². The lowest BCUT2D eigenvalue weighted by Crippen LogP contribution is -2.40. The lowest BCUT2D eigenvalue weighted by molar-refractivity contribution is -0.140. The highest BCUT2D eigenvalue weighted by atomic mass is 16.5. The highest BCUT2D eigenvalue weighted by Gasteiger charge is 2.35. The summed E-state index contributed by atoms with van der Waals surface area (Å²) in [6.07, 6.45) is 0. The summed E-state index contributed by atoms with van der Waals surface area (Å²) in [6, 6.07) is 0. The van der Waals surface area contributed by atoms with Gasteiger partial charge >= 0.3 is 11.9 Å². The molecule has 0 fully saturated rings. The highest BCUT2D eigenvalue weighted by Crippen LogP contribution is 2.44. The molecule has 1 amide bonds. The van der Waals surface area contributed by atoms with Gasteiger partial charge in [0, 0.05) is 5.56 Å². The van der Waals surface area contributed by atoms with Crippen molar-refractivity contribution in [2.45, 2.75) is 20.8 Å². The molecule has 0 unspecified atom stereocenters. The molecule has 28 heavy (non-hydrogen) atoms. The first kappa shape index (κ1) is 19.7. The van der Waals surface area contributed by atoms with E-state index < -0.39 is 11.9 Å². The van der Waals surface area contributed by atoms with E-state index in [1.807, 2.05) is 13.8 Å². The predicted molar refractivity (Wildman–Crippen MR) is 99.1 cm³/mol. The number of nitrogens with zero attached hydrogens (tertiary/aromatic N) is 1. The zero-order chi connectivity index (χ0) is 20.6. The molecule has 0 saturated heterocycles. The van der Waals surface area contributed by atoms with Gasteiger partial charge in [0.05, 0.1) is 37.8 Å². The van der Waals surface area contributed by atoms with Gasteiger partial charge in [-0.05, 0) is 31.9 Å². The standard InChI is InChI=1S/C19H22N2O7/c1-9-10(2)17-14(20-13(22)7-28-17)11(3)15(9)21-8-27-6-12(18(23)25-4)16(21)19(24)26-5/h6-8H2,1-5H3,(H,20,22). The maximum atomic E-state index is 12.6. The number of hydrogen-bond acceptors (Lipinski definition) is 8. The number of esters is 2. The van der Waals surface area contributed by atoms with Gasteiger partial charge in [-0.3, -0.25) is 4.79 Å². The first-order valence-corrected chi connectivity index (χ1v) is 8.63. The maximum absolute atomic E-state index is 12.6. The summed E-state index contributed by atoms with van der Waals surface area (Å²) in [6.45, 7) is 5.44. The van der Waals surface area contributed by atoms with Crippen LogP contribution < -0.4 is 15.0 Å². The molecule has 0 radical (unpaired) electrons. The monoisotopic (exact) mass is 390 g/mol. The van der Waals surface area contributed by atoms with Crippen molar-refractivity contribution in [3.63, 3.8) is 0 Å². The van der Waals surface area contributed by atoms with E-state index in [1.54, 1.807) is 11.8 Å². The van der Waals surface area contributed by atoms with Crippen molar-refractivity contribution >= 4 is 29.2 Å². The van der Waals surface area contributed by atoms with Crippen molar-refractivity contribution < 1.29 is 33.3 Å². The average Bonchev–Trinajstić information content (AvgIpc) is 2.70. The Hall–Kier alpha value is -3.07. The molecule has 3 rings (SSSR count). The van der Waals surface area contributed by atoms with E-state index in [9.17, 15) is 14.4 Å². The summed E-state index contributed by atoms with van der Waals surface area (Å²) < 4.78 is 20.9. The third-order valence-electron chi connectivity index (χ3n) is 4.93. The Morgan fingerprint density at radius 1 is 1.00 bits per heavy atom. The molecule has 0 spiro atoms. The highest BCUT2D eigenvalue weighted by molar-refractivity contribution is 6.05. The topological polar surface area (TPSA) is 103 Å². The molecule has 0 aromatic heterocycles. The molecule has 1 aromatic carbocycles. The summed E-state index contributed by atoms with van der Waals surface area (Å²) in [5.41, 5.74) is 3.59. The van der Waals surface area contributed by atoms with Gasteiger partial charge in [-0.15, -0.1) is 0 Å². The van der Waals surface area contributed by atoms with Crippen molar-refractivity contribution in [3.8, 4) is 5.75 Å². The summed E-state index contributed by atoms with van der Waals surface area (Å²) in [5.74, 6) is -1.03. The molecular weight excluding hydrogens is 368 g/mol. The Bertz CT molecular complexity index is 904. The van der Waals surface area contributed by atoms with Gasteiger partial charge < -0.3 is 29.2 Å². The molecule has 2 aliphatic heterocycles. The number of carbonyl (C=O) groups excluding carboxylic acids is 3. The van der Waals surface area contributed by atoms with Gasteiger partial charge in [0.1, 0.15) is 18.2 Å². The summed E-state index contributed by atoms with van der Waals surface area (Å²) >= 11 is 0. The van der Waals surface area contributed by atoms with E-state index in [2.05, 4.69) is 5.32 Å². The Kier molecular flexibility index (Phi) is 5.28. The van der Waals surface area contributed by atoms with Gasteiger partial charge in [-0.2, -0.15) is 0 Å². The van der Waals surface area contributed by atoms with Crippen LogP contribution in [0.15, 0.2) is 11.3 Å². The Balaban J connectivity index is 2.25. The zero-order valence-electron chi connectivity index (χ0n) is 16.4. The third kappa shape index (κ3) is 3.07. The molecule has 2 heterocycles. The fraction of sp³-hybridized carbons (Fsp3) is 0.421. The van der Waals surface area contributed by atoms with Crippen molar-refractivity contribution in [2.24, 2.45) is 0 Å². The van der Waals surface area contributed by atoms with Crippen LogP contribution in [0.5, 0.6) is 5.75 Å². The van der Waals surface area contributed by atoms with Crippen LogP contribution in [0.1, 0.15) is 16.7 Å². The number of amides is 1. The lowest BCUT2D eigenvalue weighted by atomic mass is 9.97. The molecule has 9 heteroatoms. The van der Waals surface area contributed by atoms with Crippen LogP contribution in [0.2, 0.25) is 0 Å². The number of methoxy groups -OCH3 is 2. The number of rotatable bonds is 3. The summed E-state index contributed by atoms with van der Waals surface area (Å²) in [7, 11) is 2.47. The minimum atomic E-state index is -0.682. The quantitative estimate of drug-likeness (QED) is 0.771. The van der Waals surface area contributed by atoms with Gasteiger partial charge in [0.15, 0.2) is 6.61 Å². The second-order valence-electron chi connectivity index (χ2n) is 6.48. The van der Waals surface area contributed by atoms with Crippen molar-refractivity contribution in [1.29, 1.82) is 0 Å². The lowest BCUT2D eigenvalue weighted by Gasteiger charge is -2.35. The fourth-order valence-electron chi connectivity index (χ4n) is 3.47. The molecule has 2 aliphatic rings. The second-order valence-corrected chi connectivity index (χ2v) is 6.48. The van der Waals surface area contributed by atoms with Gasteiger partial charge in [0.2, 0.25) is 0 Å². The normalized spacial score (nSPS) is 16.2. The van der Waals surface area contributed by atoms with Crippen LogP contribution in [0.3, 0.4) is 0 Å². The molecule has 9 nitrogen and oxygen atoms in total. The fourth-order valence-corrected chi connectivity index (χ4v) is 3.47. The predicted octanol–water partition coefficient (Wildman–Crippen LogP) is 1.34. The van der Waals surface area contributed by atoms with Crippen LogP contribution in [0, 0.1) is 20.8 Å². The number of fused-ring (bicyclic) bond motifs is 1. The van der Waals surface area contributed by atoms with Crippen LogP contribution in [0.25, 0.3) is 0 Å². The van der Waals surface area contributed by atoms with Crippen LogP contribution in [-0.4, -0.2) is 52.0 Å². The van der Waals surface area contributed by atoms with E-state index in [4.69, 9.17) is 18.9 Å². The van der Waals surface area contributed by atoms with Crippen molar-refractivity contribution in [1.82, 2.24) is 0 Å². The number of carbonyl (C=O) groups is 3. The van der Waals surface area contributed by atoms with Crippen LogP contribution in [-0.2, 0) is 28.6 Å². The van der Waals surface area contributed by atoms with Crippen molar-refractivity contribution in [3.05, 3.63) is 28.0 Å². The van der Waals surface area contributed by atoms with Gasteiger partial charge in [-0.25, -0.2) is 9.59 Å². The average molecular weight is 390 g/mol. The van der Waals surface area contributed by atoms with E-state index >= 15 is 0 Å². The molecule has 1 aromatic rings. The number of anilines is 2. The van der Waals surface area contributed by atoms with Crippen LogP contribution in [0.4, 0.5) is 11.4 Å². The molecule has 0 saturated carbocycles. The zero-order valence-corrected chi connectivity index (χ0v) is 16.4. The molecule has 0 atom stereocenters. The van der Waals surface area contributed by atoms with E-state index in [-0.39, 0.29) is 37.1 Å². The molecule has 150 valence electrons. The summed E-state index contributed by atoms with van der Waals surface area (Å²) in [4.78, 5) is 38.2. The van der Waals surface area contributed by atoms with E-state index in [0.717, 1.165) is 11.1 Å². The SMILES string of the molecule is COC(=O)C1=C(C(=O)OC)N(c2c(C)c(C)c3c(c2C)NC(=O)CO3)COC1. The number of hydrogen-bond donors (Lipinski definition) is 1. The molecule has 1 N–H and O–H groups in total. The maximum Gasteiger partial charge on any atom is 0.355 e. The number of ether oxygens (including phenoxy) is 4. The molecular formula is C19H22N2O7.